The average molecular weight is 267 g/mol. The fourth-order valence-corrected chi connectivity index (χ4v) is 2.52. The lowest BCUT2D eigenvalue weighted by Gasteiger charge is -2.18. The van der Waals surface area contributed by atoms with Crippen molar-refractivity contribution < 1.29 is 4.92 Å². The Morgan fingerprint density at radius 3 is 2.45 bits per heavy atom. The lowest BCUT2D eigenvalue weighted by Crippen LogP contribution is -2.11. The van der Waals surface area contributed by atoms with Gasteiger partial charge >= 0.3 is 0 Å². The van der Waals surface area contributed by atoms with Crippen molar-refractivity contribution in [3.05, 3.63) is 52.6 Å². The van der Waals surface area contributed by atoms with Gasteiger partial charge in [-0.25, -0.2) is 4.98 Å². The molecule has 0 unspecified atom stereocenters. The number of fused-ring (bicyclic) bond motifs is 2. The zero-order chi connectivity index (χ0) is 14.3. The SMILES string of the molecule is CN(C)c1c2ccccc2nc2cccc([N+](=O)[O-])c12. The molecular formula is C15H13N3O2. The summed E-state index contributed by atoms with van der Waals surface area (Å²) in [5, 5.41) is 12.8. The summed E-state index contributed by atoms with van der Waals surface area (Å²) in [6, 6.07) is 12.7. The first kappa shape index (κ1) is 12.3. The van der Waals surface area contributed by atoms with Crippen molar-refractivity contribution in [1.29, 1.82) is 0 Å². The third-order valence-corrected chi connectivity index (χ3v) is 3.30. The van der Waals surface area contributed by atoms with Crippen molar-refractivity contribution in [3.63, 3.8) is 0 Å². The lowest BCUT2D eigenvalue weighted by atomic mass is 10.1. The normalized spacial score (nSPS) is 10.9. The minimum atomic E-state index is -0.355. The first-order chi connectivity index (χ1) is 9.59. The summed E-state index contributed by atoms with van der Waals surface area (Å²) in [5.41, 5.74) is 2.40. The number of aromatic nitrogens is 1. The molecule has 20 heavy (non-hydrogen) atoms. The smallest absolute Gasteiger partial charge is 0.280 e. The monoisotopic (exact) mass is 267 g/mol. The fourth-order valence-electron chi connectivity index (χ4n) is 2.52. The molecule has 100 valence electrons. The number of hydrogen-bond donors (Lipinski definition) is 0. The summed E-state index contributed by atoms with van der Waals surface area (Å²) < 4.78 is 0. The molecular weight excluding hydrogens is 254 g/mol. The van der Waals surface area contributed by atoms with Crippen molar-refractivity contribution in [2.75, 3.05) is 19.0 Å². The molecule has 1 aromatic heterocycles. The summed E-state index contributed by atoms with van der Waals surface area (Å²) in [6.45, 7) is 0. The van der Waals surface area contributed by atoms with E-state index in [-0.39, 0.29) is 10.6 Å². The third kappa shape index (κ3) is 1.75. The topological polar surface area (TPSA) is 59.3 Å². The number of rotatable bonds is 2. The van der Waals surface area contributed by atoms with Gasteiger partial charge < -0.3 is 4.90 Å². The molecule has 0 amide bonds. The van der Waals surface area contributed by atoms with E-state index >= 15 is 0 Å². The first-order valence-corrected chi connectivity index (χ1v) is 6.23. The van der Waals surface area contributed by atoms with Crippen LogP contribution in [0.3, 0.4) is 0 Å². The van der Waals surface area contributed by atoms with Crippen molar-refractivity contribution in [1.82, 2.24) is 4.98 Å². The van der Waals surface area contributed by atoms with E-state index in [1.807, 2.05) is 49.3 Å². The summed E-state index contributed by atoms with van der Waals surface area (Å²) in [6.07, 6.45) is 0. The van der Waals surface area contributed by atoms with Gasteiger partial charge in [-0.15, -0.1) is 0 Å². The maximum Gasteiger partial charge on any atom is 0.280 e. The average Bonchev–Trinajstić information content (AvgIpc) is 2.43. The Balaban J connectivity index is 2.59. The molecule has 0 fully saturated rings. The number of benzene rings is 2. The Hall–Kier alpha value is -2.69. The molecule has 0 radical (unpaired) electrons. The van der Waals surface area contributed by atoms with E-state index in [9.17, 15) is 10.1 Å². The van der Waals surface area contributed by atoms with E-state index in [0.29, 0.717) is 10.9 Å². The van der Waals surface area contributed by atoms with E-state index in [2.05, 4.69) is 4.98 Å². The van der Waals surface area contributed by atoms with E-state index in [0.717, 1.165) is 16.6 Å². The van der Waals surface area contributed by atoms with Crippen LogP contribution in [0, 0.1) is 10.1 Å². The van der Waals surface area contributed by atoms with Crippen LogP contribution in [0.15, 0.2) is 42.5 Å². The second-order valence-electron chi connectivity index (χ2n) is 4.80. The molecule has 1 heterocycles. The number of nitro benzene ring substituents is 1. The zero-order valence-corrected chi connectivity index (χ0v) is 11.2. The Kier molecular flexibility index (Phi) is 2.75. The standard InChI is InChI=1S/C15H13N3O2/c1-17(2)15-10-6-3-4-7-11(10)16-12-8-5-9-13(14(12)15)18(19)20/h3-9H,1-2H3. The molecule has 0 aliphatic heterocycles. The Bertz CT molecular complexity index is 828. The maximum absolute atomic E-state index is 11.3. The van der Waals surface area contributed by atoms with E-state index < -0.39 is 0 Å². The van der Waals surface area contributed by atoms with E-state index in [4.69, 9.17) is 0 Å². The number of hydrogen-bond acceptors (Lipinski definition) is 4. The Labute approximate surface area is 115 Å². The highest BCUT2D eigenvalue weighted by Crippen LogP contribution is 2.37. The molecule has 3 aromatic rings. The van der Waals surface area contributed by atoms with Crippen LogP contribution in [-0.2, 0) is 0 Å². The van der Waals surface area contributed by atoms with Gasteiger partial charge in [0.05, 0.1) is 21.6 Å². The fraction of sp³-hybridized carbons (Fsp3) is 0.133. The van der Waals surface area contributed by atoms with Crippen molar-refractivity contribution >= 4 is 33.2 Å². The summed E-state index contributed by atoms with van der Waals surface area (Å²) >= 11 is 0. The highest BCUT2D eigenvalue weighted by Gasteiger charge is 2.19. The van der Waals surface area contributed by atoms with Gasteiger partial charge in [-0.1, -0.05) is 24.3 Å². The second kappa shape index (κ2) is 4.45. The van der Waals surface area contributed by atoms with E-state index in [1.54, 1.807) is 6.07 Å². The maximum atomic E-state index is 11.3. The highest BCUT2D eigenvalue weighted by atomic mass is 16.6. The van der Waals surface area contributed by atoms with Crippen LogP contribution in [0.2, 0.25) is 0 Å². The third-order valence-electron chi connectivity index (χ3n) is 3.30. The Morgan fingerprint density at radius 1 is 1.05 bits per heavy atom. The molecule has 0 spiro atoms. The summed E-state index contributed by atoms with van der Waals surface area (Å²) in [7, 11) is 3.77. The van der Waals surface area contributed by atoms with Gasteiger partial charge in [0.25, 0.3) is 5.69 Å². The van der Waals surface area contributed by atoms with Crippen molar-refractivity contribution in [3.8, 4) is 0 Å². The highest BCUT2D eigenvalue weighted by molar-refractivity contribution is 6.11. The molecule has 3 rings (SSSR count). The molecule has 0 aliphatic carbocycles. The number of nitro groups is 1. The summed E-state index contributed by atoms with van der Waals surface area (Å²) in [4.78, 5) is 17.4. The summed E-state index contributed by atoms with van der Waals surface area (Å²) in [5.74, 6) is 0. The number of nitrogens with zero attached hydrogens (tertiary/aromatic N) is 3. The predicted molar refractivity (Wildman–Crippen MR) is 80.2 cm³/mol. The predicted octanol–water partition coefficient (Wildman–Crippen LogP) is 3.36. The quantitative estimate of drug-likeness (QED) is 0.406. The van der Waals surface area contributed by atoms with Gasteiger partial charge in [0.15, 0.2) is 0 Å². The van der Waals surface area contributed by atoms with E-state index in [1.165, 1.54) is 6.07 Å². The van der Waals surface area contributed by atoms with Gasteiger partial charge in [0.1, 0.15) is 5.39 Å². The number of anilines is 1. The minimum Gasteiger partial charge on any atom is -0.376 e. The molecule has 0 bridgehead atoms. The largest absolute Gasteiger partial charge is 0.376 e. The first-order valence-electron chi connectivity index (χ1n) is 6.23. The second-order valence-corrected chi connectivity index (χ2v) is 4.80. The molecule has 0 saturated carbocycles. The van der Waals surface area contributed by atoms with Crippen LogP contribution in [0.4, 0.5) is 11.4 Å². The number of pyridine rings is 1. The van der Waals surface area contributed by atoms with Crippen molar-refractivity contribution in [2.24, 2.45) is 0 Å². The van der Waals surface area contributed by atoms with Gasteiger partial charge in [-0.3, -0.25) is 10.1 Å². The lowest BCUT2D eigenvalue weighted by molar-refractivity contribution is -0.383. The molecule has 5 nitrogen and oxygen atoms in total. The van der Waals surface area contributed by atoms with Gasteiger partial charge in [-0.2, -0.15) is 0 Å². The van der Waals surface area contributed by atoms with Crippen LogP contribution in [0.1, 0.15) is 0 Å². The van der Waals surface area contributed by atoms with Gasteiger partial charge in [0, 0.05) is 25.5 Å². The van der Waals surface area contributed by atoms with Crippen LogP contribution >= 0.6 is 0 Å². The van der Waals surface area contributed by atoms with Crippen LogP contribution < -0.4 is 4.90 Å². The van der Waals surface area contributed by atoms with Gasteiger partial charge in [-0.05, 0) is 12.1 Å². The Morgan fingerprint density at radius 2 is 1.75 bits per heavy atom. The van der Waals surface area contributed by atoms with Gasteiger partial charge in [0.2, 0.25) is 0 Å². The number of non-ortho nitro benzene ring substituents is 1. The minimum absolute atomic E-state index is 0.0875. The molecule has 0 aliphatic rings. The van der Waals surface area contributed by atoms with Crippen LogP contribution in [0.25, 0.3) is 21.8 Å². The van der Waals surface area contributed by atoms with Crippen molar-refractivity contribution in [2.45, 2.75) is 0 Å². The van der Waals surface area contributed by atoms with Crippen LogP contribution in [-0.4, -0.2) is 24.0 Å². The molecule has 0 saturated heterocycles. The zero-order valence-electron chi connectivity index (χ0n) is 11.2. The van der Waals surface area contributed by atoms with Crippen LogP contribution in [0.5, 0.6) is 0 Å². The molecule has 0 N–H and O–H groups in total. The molecule has 0 atom stereocenters. The number of para-hydroxylation sites is 1. The molecule has 5 heteroatoms. The molecule has 2 aromatic carbocycles.